The van der Waals surface area contributed by atoms with Crippen LogP contribution in [0, 0.1) is 5.92 Å². The monoisotopic (exact) mass is 443 g/mol. The minimum Gasteiger partial charge on any atom is -0.493 e. The number of likely N-dealkylation sites (tertiary alicyclic amines) is 1. The van der Waals surface area contributed by atoms with Gasteiger partial charge in [-0.05, 0) is 30.9 Å². The molecule has 2 aromatic rings. The number of anilines is 1. The average molecular weight is 444 g/mol. The van der Waals surface area contributed by atoms with Gasteiger partial charge in [0.2, 0.25) is 5.75 Å². The fraction of sp³-hybridized carbons (Fsp3) is 0.391. The molecule has 32 heavy (non-hydrogen) atoms. The molecule has 1 aliphatic rings. The Morgan fingerprint density at radius 3 is 2.16 bits per heavy atom. The van der Waals surface area contributed by atoms with Crippen LogP contribution in [0.4, 0.5) is 15.3 Å². The lowest BCUT2D eigenvalue weighted by Gasteiger charge is -2.31. The lowest BCUT2D eigenvalue weighted by Crippen LogP contribution is -2.43. The van der Waals surface area contributed by atoms with Crippen molar-refractivity contribution < 1.29 is 28.5 Å². The Balaban J connectivity index is 1.45. The minimum atomic E-state index is -0.345. The van der Waals surface area contributed by atoms with Crippen molar-refractivity contribution in [3.05, 3.63) is 42.5 Å². The Morgan fingerprint density at radius 1 is 0.969 bits per heavy atom. The molecule has 0 atom stereocenters. The number of piperidine rings is 1. The van der Waals surface area contributed by atoms with Gasteiger partial charge in [0.1, 0.15) is 5.75 Å². The molecule has 172 valence electrons. The first-order valence-corrected chi connectivity index (χ1v) is 10.4. The third-order valence-electron chi connectivity index (χ3n) is 5.29. The van der Waals surface area contributed by atoms with Gasteiger partial charge in [0, 0.05) is 31.8 Å². The molecule has 1 fully saturated rings. The van der Waals surface area contributed by atoms with Gasteiger partial charge >= 0.3 is 12.1 Å². The summed E-state index contributed by atoms with van der Waals surface area (Å²) in [5.41, 5.74) is 0.524. The van der Waals surface area contributed by atoms with E-state index < -0.39 is 0 Å². The van der Waals surface area contributed by atoms with E-state index in [1.165, 1.54) is 21.3 Å². The molecule has 3 amide bonds. The second-order valence-corrected chi connectivity index (χ2v) is 7.36. The fourth-order valence-corrected chi connectivity index (χ4v) is 3.54. The smallest absolute Gasteiger partial charge is 0.415 e. The zero-order valence-electron chi connectivity index (χ0n) is 18.6. The van der Waals surface area contributed by atoms with Crippen molar-refractivity contribution in [1.82, 2.24) is 10.2 Å². The molecule has 0 aromatic heterocycles. The number of benzene rings is 2. The van der Waals surface area contributed by atoms with Crippen molar-refractivity contribution in [2.45, 2.75) is 12.8 Å². The number of carbonyl (C=O) groups is 2. The highest BCUT2D eigenvalue weighted by Crippen LogP contribution is 2.39. The summed E-state index contributed by atoms with van der Waals surface area (Å²) >= 11 is 0. The van der Waals surface area contributed by atoms with E-state index in [9.17, 15) is 9.59 Å². The molecule has 3 rings (SSSR count). The highest BCUT2D eigenvalue weighted by molar-refractivity contribution is 5.90. The largest absolute Gasteiger partial charge is 0.493 e. The van der Waals surface area contributed by atoms with E-state index >= 15 is 0 Å². The molecule has 2 aromatic carbocycles. The molecule has 0 saturated carbocycles. The molecule has 1 aliphatic heterocycles. The van der Waals surface area contributed by atoms with Gasteiger partial charge in [-0.2, -0.15) is 0 Å². The van der Waals surface area contributed by atoms with E-state index in [-0.39, 0.29) is 18.0 Å². The van der Waals surface area contributed by atoms with E-state index in [0.29, 0.717) is 48.3 Å². The van der Waals surface area contributed by atoms with Gasteiger partial charge < -0.3 is 34.5 Å². The van der Waals surface area contributed by atoms with Crippen LogP contribution in [0.3, 0.4) is 0 Å². The number of carbonyl (C=O) groups excluding carboxylic acids is 2. The van der Waals surface area contributed by atoms with Crippen molar-refractivity contribution in [2.75, 3.05) is 46.3 Å². The van der Waals surface area contributed by atoms with Gasteiger partial charge in [0.15, 0.2) is 11.5 Å². The summed E-state index contributed by atoms with van der Waals surface area (Å²) in [6.07, 6.45) is 1.23. The average Bonchev–Trinajstić information content (AvgIpc) is 2.83. The van der Waals surface area contributed by atoms with Crippen LogP contribution >= 0.6 is 0 Å². The Bertz CT molecular complexity index is 888. The summed E-state index contributed by atoms with van der Waals surface area (Å²) in [4.78, 5) is 26.3. The molecule has 2 N–H and O–H groups in total. The van der Waals surface area contributed by atoms with Crippen LogP contribution in [0.2, 0.25) is 0 Å². The third kappa shape index (κ3) is 5.96. The molecule has 0 spiro atoms. The first-order chi connectivity index (χ1) is 15.5. The fourth-order valence-electron chi connectivity index (χ4n) is 3.54. The third-order valence-corrected chi connectivity index (χ3v) is 5.29. The summed E-state index contributed by atoms with van der Waals surface area (Å²) in [7, 11) is 4.55. The second kappa shape index (κ2) is 11.1. The number of rotatable bonds is 7. The van der Waals surface area contributed by atoms with Gasteiger partial charge in [-0.25, -0.2) is 9.59 Å². The summed E-state index contributed by atoms with van der Waals surface area (Å²) in [5, 5.41) is 5.68. The molecular formula is C23H29N3O6. The van der Waals surface area contributed by atoms with Crippen LogP contribution in [0.15, 0.2) is 42.5 Å². The maximum Gasteiger partial charge on any atom is 0.415 e. The number of hydrogen-bond acceptors (Lipinski definition) is 6. The molecule has 0 unspecified atom stereocenters. The van der Waals surface area contributed by atoms with Crippen LogP contribution in [-0.2, 0) is 0 Å². The number of methoxy groups -OCH3 is 3. The first kappa shape index (κ1) is 23.1. The van der Waals surface area contributed by atoms with Crippen LogP contribution < -0.4 is 29.6 Å². The van der Waals surface area contributed by atoms with Crippen molar-refractivity contribution in [3.63, 3.8) is 0 Å². The van der Waals surface area contributed by atoms with E-state index in [2.05, 4.69) is 10.6 Å². The number of para-hydroxylation sites is 1. The molecule has 0 radical (unpaired) electrons. The number of urea groups is 1. The number of ether oxygens (including phenoxy) is 4. The summed E-state index contributed by atoms with van der Waals surface area (Å²) in [6, 6.07) is 12.0. The van der Waals surface area contributed by atoms with Gasteiger partial charge in [-0.3, -0.25) is 0 Å². The van der Waals surface area contributed by atoms with E-state index in [1.54, 1.807) is 29.2 Å². The number of amides is 3. The molecule has 1 saturated heterocycles. The molecule has 9 heteroatoms. The zero-order chi connectivity index (χ0) is 22.9. The predicted octanol–water partition coefficient (Wildman–Crippen LogP) is 3.74. The lowest BCUT2D eigenvalue weighted by molar-refractivity contribution is 0.130. The van der Waals surface area contributed by atoms with Crippen molar-refractivity contribution in [1.29, 1.82) is 0 Å². The maximum atomic E-state index is 12.4. The van der Waals surface area contributed by atoms with Crippen LogP contribution in [-0.4, -0.2) is 58.0 Å². The number of hydrogen-bond donors (Lipinski definition) is 2. The van der Waals surface area contributed by atoms with E-state index in [1.807, 2.05) is 18.2 Å². The van der Waals surface area contributed by atoms with Gasteiger partial charge in [-0.1, -0.05) is 18.2 Å². The van der Waals surface area contributed by atoms with Crippen LogP contribution in [0.1, 0.15) is 12.8 Å². The number of nitrogens with one attached hydrogen (secondary N) is 2. The highest BCUT2D eigenvalue weighted by atomic mass is 16.6. The topological polar surface area (TPSA) is 98.4 Å². The standard InChI is InChI=1S/C23H29N3O6/c1-29-19-13-17(14-20(30-2)21(19)31-3)25-22(27)24-15-16-9-11-26(12-10-16)23(28)32-18-7-5-4-6-8-18/h4-8,13-14,16H,9-12,15H2,1-3H3,(H2,24,25,27). The molecule has 9 nitrogen and oxygen atoms in total. The lowest BCUT2D eigenvalue weighted by atomic mass is 9.97. The van der Waals surface area contributed by atoms with E-state index in [0.717, 1.165) is 12.8 Å². The quantitative estimate of drug-likeness (QED) is 0.676. The predicted molar refractivity (Wildman–Crippen MR) is 120 cm³/mol. The van der Waals surface area contributed by atoms with Crippen molar-refractivity contribution >= 4 is 17.8 Å². The van der Waals surface area contributed by atoms with E-state index in [4.69, 9.17) is 18.9 Å². The zero-order valence-corrected chi connectivity index (χ0v) is 18.6. The Morgan fingerprint density at radius 2 is 1.59 bits per heavy atom. The first-order valence-electron chi connectivity index (χ1n) is 10.4. The highest BCUT2D eigenvalue weighted by Gasteiger charge is 2.24. The summed E-state index contributed by atoms with van der Waals surface area (Å²) < 4.78 is 21.3. The Labute approximate surface area is 187 Å². The van der Waals surface area contributed by atoms with Gasteiger partial charge in [0.05, 0.1) is 27.0 Å². The molecular weight excluding hydrogens is 414 g/mol. The summed E-state index contributed by atoms with van der Waals surface area (Å²) in [5.74, 6) is 2.18. The normalized spacial score (nSPS) is 13.8. The molecule has 1 heterocycles. The van der Waals surface area contributed by atoms with Crippen molar-refractivity contribution in [2.24, 2.45) is 5.92 Å². The van der Waals surface area contributed by atoms with Crippen LogP contribution in [0.25, 0.3) is 0 Å². The summed E-state index contributed by atoms with van der Waals surface area (Å²) in [6.45, 7) is 1.69. The maximum absolute atomic E-state index is 12.4. The number of nitrogens with zero attached hydrogens (tertiary/aromatic N) is 1. The SMILES string of the molecule is COc1cc(NC(=O)NCC2CCN(C(=O)Oc3ccccc3)CC2)cc(OC)c1OC. The van der Waals surface area contributed by atoms with Crippen molar-refractivity contribution in [3.8, 4) is 23.0 Å². The Hall–Kier alpha value is -3.62. The van der Waals surface area contributed by atoms with Gasteiger partial charge in [0.25, 0.3) is 0 Å². The molecule has 0 aliphatic carbocycles. The second-order valence-electron chi connectivity index (χ2n) is 7.36. The van der Waals surface area contributed by atoms with Crippen LogP contribution in [0.5, 0.6) is 23.0 Å². The minimum absolute atomic E-state index is 0.279. The molecule has 0 bridgehead atoms. The Kier molecular flexibility index (Phi) is 8.02. The van der Waals surface area contributed by atoms with Gasteiger partial charge in [-0.15, -0.1) is 0 Å².